The molecule has 1 heterocycles. The number of hydrogen-bond acceptors (Lipinski definition) is 5. The zero-order chi connectivity index (χ0) is 25.5. The minimum Gasteiger partial charge on any atom is -0.330 e. The Morgan fingerprint density at radius 1 is 1.17 bits per heavy atom. The maximum atomic E-state index is 13.6. The van der Waals surface area contributed by atoms with Crippen molar-refractivity contribution in [2.45, 2.75) is 39.8 Å². The molecule has 0 saturated carbocycles. The molecule has 2 N–H and O–H groups in total. The summed E-state index contributed by atoms with van der Waals surface area (Å²) in [5.74, 6) is -0.577. The summed E-state index contributed by atoms with van der Waals surface area (Å²) >= 11 is 0. The zero-order valence-corrected chi connectivity index (χ0v) is 20.2. The minimum absolute atomic E-state index is 0.0352. The summed E-state index contributed by atoms with van der Waals surface area (Å²) in [6.07, 6.45) is 0.524. The van der Waals surface area contributed by atoms with Gasteiger partial charge in [0.05, 0.1) is 18.2 Å². The fourth-order valence-electron chi connectivity index (χ4n) is 4.10. The third-order valence-corrected chi connectivity index (χ3v) is 5.90. The highest BCUT2D eigenvalue weighted by molar-refractivity contribution is 5.94. The first-order chi connectivity index (χ1) is 16.8. The normalized spacial score (nSPS) is 11.8. The molecule has 2 aromatic carbocycles. The predicted octanol–water partition coefficient (Wildman–Crippen LogP) is 3.80. The molecule has 35 heavy (non-hydrogen) atoms. The van der Waals surface area contributed by atoms with Gasteiger partial charge in [0, 0.05) is 12.1 Å². The highest BCUT2D eigenvalue weighted by Crippen LogP contribution is 2.30. The van der Waals surface area contributed by atoms with Crippen LogP contribution in [0.1, 0.15) is 59.3 Å². The average Bonchev–Trinajstić information content (AvgIpc) is 2.86. The van der Waals surface area contributed by atoms with E-state index in [2.05, 4.69) is 4.98 Å². The molecule has 1 aromatic heterocycles. The van der Waals surface area contributed by atoms with Crippen molar-refractivity contribution in [3.8, 4) is 6.07 Å². The summed E-state index contributed by atoms with van der Waals surface area (Å²) in [6, 6.07) is 16.2. The monoisotopic (exact) mass is 475 g/mol. The minimum atomic E-state index is -0.622. The molecule has 0 aliphatic carbocycles. The van der Waals surface area contributed by atoms with E-state index in [1.54, 1.807) is 16.4 Å². The lowest BCUT2D eigenvalue weighted by Gasteiger charge is -2.35. The second kappa shape index (κ2) is 11.5. The van der Waals surface area contributed by atoms with Crippen LogP contribution in [0.5, 0.6) is 0 Å². The van der Waals surface area contributed by atoms with Gasteiger partial charge >= 0.3 is 0 Å². The van der Waals surface area contributed by atoms with E-state index >= 15 is 0 Å². The third kappa shape index (κ3) is 5.81. The van der Waals surface area contributed by atoms with Crippen LogP contribution in [0.25, 0.3) is 0 Å². The van der Waals surface area contributed by atoms with Gasteiger partial charge < -0.3 is 10.6 Å². The molecule has 8 heteroatoms. The van der Waals surface area contributed by atoms with Gasteiger partial charge in [-0.1, -0.05) is 44.2 Å². The van der Waals surface area contributed by atoms with Crippen molar-refractivity contribution in [2.24, 2.45) is 11.7 Å². The topological polar surface area (TPSA) is 105 Å². The van der Waals surface area contributed by atoms with Crippen molar-refractivity contribution < 1.29 is 9.18 Å². The SMILES string of the molecule is Cc1c(C#N)nc(C(C(C)C)N(CCCN)C(=O)c2ccc(F)cc2)n(Cc2ccccc2)c1=O. The lowest BCUT2D eigenvalue weighted by Crippen LogP contribution is -2.43. The summed E-state index contributed by atoms with van der Waals surface area (Å²) in [5.41, 5.74) is 6.95. The van der Waals surface area contributed by atoms with Crippen molar-refractivity contribution >= 4 is 5.91 Å². The molecule has 3 rings (SSSR count). The van der Waals surface area contributed by atoms with Crippen LogP contribution in [0.2, 0.25) is 0 Å². The summed E-state index contributed by atoms with van der Waals surface area (Å²) in [5, 5.41) is 9.67. The van der Waals surface area contributed by atoms with E-state index in [9.17, 15) is 19.2 Å². The number of carbonyl (C=O) groups is 1. The quantitative estimate of drug-likeness (QED) is 0.507. The molecule has 1 unspecified atom stereocenters. The first-order valence-electron chi connectivity index (χ1n) is 11.6. The molecule has 0 saturated heterocycles. The van der Waals surface area contributed by atoms with Gasteiger partial charge in [-0.3, -0.25) is 14.2 Å². The van der Waals surface area contributed by atoms with Gasteiger partial charge in [0.25, 0.3) is 11.5 Å². The van der Waals surface area contributed by atoms with Crippen LogP contribution in [0.4, 0.5) is 4.39 Å². The van der Waals surface area contributed by atoms with Crippen LogP contribution in [-0.4, -0.2) is 33.4 Å². The van der Waals surface area contributed by atoms with Gasteiger partial charge in [-0.25, -0.2) is 9.37 Å². The number of nitriles is 1. The molecule has 1 amide bonds. The molecule has 3 aromatic rings. The molecular weight excluding hydrogens is 445 g/mol. The fourth-order valence-corrected chi connectivity index (χ4v) is 4.10. The summed E-state index contributed by atoms with van der Waals surface area (Å²) in [4.78, 5) is 33.3. The smallest absolute Gasteiger partial charge is 0.258 e. The fraction of sp³-hybridized carbons (Fsp3) is 0.333. The van der Waals surface area contributed by atoms with Crippen LogP contribution in [0, 0.1) is 30.0 Å². The molecule has 0 spiro atoms. The standard InChI is InChI=1S/C27H30FN5O2/c1-18(2)24(32(15-7-14-29)27(35)21-10-12-22(28)13-11-21)25-31-23(16-30)19(3)26(34)33(25)17-20-8-5-4-6-9-20/h4-6,8-13,18,24H,7,14-15,17,29H2,1-3H3. The van der Waals surface area contributed by atoms with Crippen molar-refractivity contribution in [3.05, 3.63) is 99.0 Å². The Labute approximate surface area is 204 Å². The first-order valence-corrected chi connectivity index (χ1v) is 11.6. The van der Waals surface area contributed by atoms with Gasteiger partial charge in [-0.2, -0.15) is 5.26 Å². The summed E-state index contributed by atoms with van der Waals surface area (Å²) in [7, 11) is 0. The maximum Gasteiger partial charge on any atom is 0.258 e. The van der Waals surface area contributed by atoms with Crippen molar-refractivity contribution in [1.29, 1.82) is 5.26 Å². The number of nitrogens with zero attached hydrogens (tertiary/aromatic N) is 4. The second-order valence-electron chi connectivity index (χ2n) is 8.77. The number of rotatable bonds is 9. The van der Waals surface area contributed by atoms with Crippen LogP contribution in [0.15, 0.2) is 59.4 Å². The predicted molar refractivity (Wildman–Crippen MR) is 132 cm³/mol. The van der Waals surface area contributed by atoms with Crippen molar-refractivity contribution in [3.63, 3.8) is 0 Å². The van der Waals surface area contributed by atoms with E-state index in [-0.39, 0.29) is 35.2 Å². The molecule has 182 valence electrons. The van der Waals surface area contributed by atoms with Crippen LogP contribution in [-0.2, 0) is 6.54 Å². The Hall–Kier alpha value is -3.83. The molecule has 0 fully saturated rings. The van der Waals surface area contributed by atoms with E-state index in [1.807, 2.05) is 50.2 Å². The number of carbonyl (C=O) groups excluding carboxylic acids is 1. The summed E-state index contributed by atoms with van der Waals surface area (Å²) < 4.78 is 15.1. The Morgan fingerprint density at radius 3 is 2.40 bits per heavy atom. The van der Waals surface area contributed by atoms with Crippen LogP contribution >= 0.6 is 0 Å². The molecular formula is C27H30FN5O2. The van der Waals surface area contributed by atoms with Gasteiger partial charge in [-0.15, -0.1) is 0 Å². The Balaban J connectivity index is 2.21. The molecule has 0 aliphatic rings. The number of halogens is 1. The molecule has 0 aliphatic heterocycles. The number of nitrogens with two attached hydrogens (primary N) is 1. The van der Waals surface area contributed by atoms with E-state index in [0.717, 1.165) is 5.56 Å². The van der Waals surface area contributed by atoms with E-state index in [1.165, 1.54) is 24.3 Å². The van der Waals surface area contributed by atoms with E-state index in [0.29, 0.717) is 30.9 Å². The Morgan fingerprint density at radius 2 is 1.83 bits per heavy atom. The number of amides is 1. The van der Waals surface area contributed by atoms with E-state index in [4.69, 9.17) is 5.73 Å². The third-order valence-electron chi connectivity index (χ3n) is 5.90. The highest BCUT2D eigenvalue weighted by atomic mass is 19.1. The molecule has 0 radical (unpaired) electrons. The number of benzene rings is 2. The van der Waals surface area contributed by atoms with Gasteiger partial charge in [0.2, 0.25) is 0 Å². The maximum absolute atomic E-state index is 13.6. The second-order valence-corrected chi connectivity index (χ2v) is 8.77. The number of hydrogen-bond donors (Lipinski definition) is 1. The zero-order valence-electron chi connectivity index (χ0n) is 20.2. The highest BCUT2D eigenvalue weighted by Gasteiger charge is 2.33. The molecule has 1 atom stereocenters. The van der Waals surface area contributed by atoms with E-state index < -0.39 is 11.9 Å². The van der Waals surface area contributed by atoms with Crippen LogP contribution in [0.3, 0.4) is 0 Å². The largest absolute Gasteiger partial charge is 0.330 e. The van der Waals surface area contributed by atoms with Gasteiger partial charge in [0.1, 0.15) is 17.7 Å². The Bertz CT molecular complexity index is 1260. The molecule has 0 bridgehead atoms. The lowest BCUT2D eigenvalue weighted by molar-refractivity contribution is 0.0601. The summed E-state index contributed by atoms with van der Waals surface area (Å²) in [6.45, 7) is 6.37. The van der Waals surface area contributed by atoms with Crippen LogP contribution < -0.4 is 11.3 Å². The Kier molecular flexibility index (Phi) is 8.50. The van der Waals surface area contributed by atoms with Gasteiger partial charge in [0.15, 0.2) is 5.69 Å². The first kappa shape index (κ1) is 25.8. The van der Waals surface area contributed by atoms with Gasteiger partial charge in [-0.05, 0) is 55.6 Å². The average molecular weight is 476 g/mol. The lowest BCUT2D eigenvalue weighted by atomic mass is 9.98. The van der Waals surface area contributed by atoms with Crippen molar-refractivity contribution in [1.82, 2.24) is 14.5 Å². The van der Waals surface area contributed by atoms with Crippen molar-refractivity contribution in [2.75, 3.05) is 13.1 Å². The number of aromatic nitrogens is 2. The molecule has 7 nitrogen and oxygen atoms in total.